The van der Waals surface area contributed by atoms with Crippen molar-refractivity contribution in [3.8, 4) is 0 Å². The Morgan fingerprint density at radius 2 is 1.91 bits per heavy atom. The Morgan fingerprint density at radius 1 is 1.26 bits per heavy atom. The van der Waals surface area contributed by atoms with Gasteiger partial charge in [0.05, 0.1) is 17.4 Å². The lowest BCUT2D eigenvalue weighted by molar-refractivity contribution is -0.384. The van der Waals surface area contributed by atoms with E-state index < -0.39 is 53.3 Å². The summed E-state index contributed by atoms with van der Waals surface area (Å²) in [6, 6.07) is 9.29. The van der Waals surface area contributed by atoms with E-state index in [1.807, 2.05) is 0 Å². The Hall–Kier alpha value is -4.81. The first-order valence-electron chi connectivity index (χ1n) is 10.3. The number of aliphatic carboxylic acids is 1. The number of nitro groups is 1. The molecule has 1 heterocycles. The number of carbonyl (C=O) groups is 4. The predicted octanol–water partition coefficient (Wildman–Crippen LogP) is 0.978. The molecule has 1 aliphatic rings. The highest BCUT2D eigenvalue weighted by Crippen LogP contribution is 2.29. The lowest BCUT2D eigenvalue weighted by Crippen LogP contribution is -2.44. The van der Waals surface area contributed by atoms with E-state index in [4.69, 9.17) is 11.1 Å². The van der Waals surface area contributed by atoms with Crippen molar-refractivity contribution in [3.05, 3.63) is 75.3 Å². The van der Waals surface area contributed by atoms with E-state index in [2.05, 4.69) is 10.6 Å². The third-order valence-electron chi connectivity index (χ3n) is 5.55. The Morgan fingerprint density at radius 3 is 2.49 bits per heavy atom. The summed E-state index contributed by atoms with van der Waals surface area (Å²) < 4.78 is 0. The summed E-state index contributed by atoms with van der Waals surface area (Å²) in [7, 11) is 0. The average Bonchev–Trinajstić information content (AvgIpc) is 3.02. The van der Waals surface area contributed by atoms with Gasteiger partial charge in [-0.05, 0) is 18.1 Å². The van der Waals surface area contributed by atoms with Crippen LogP contribution < -0.4 is 16.4 Å². The molecule has 2 unspecified atom stereocenters. The van der Waals surface area contributed by atoms with Crippen molar-refractivity contribution in [2.75, 3.05) is 6.54 Å². The average molecular weight is 482 g/mol. The molecule has 3 rings (SSSR count). The molecule has 0 spiro atoms. The second-order valence-electron chi connectivity index (χ2n) is 8.01. The Labute approximate surface area is 198 Å². The number of urea groups is 1. The molecule has 182 valence electrons. The molecule has 1 saturated heterocycles. The van der Waals surface area contributed by atoms with Gasteiger partial charge in [0.15, 0.2) is 0 Å². The van der Waals surface area contributed by atoms with Gasteiger partial charge in [0.25, 0.3) is 11.6 Å². The summed E-state index contributed by atoms with van der Waals surface area (Å²) in [5.74, 6) is -2.97. The molecule has 0 aromatic heterocycles. The van der Waals surface area contributed by atoms with Crippen LogP contribution in [0.25, 0.3) is 0 Å². The van der Waals surface area contributed by atoms with E-state index in [-0.39, 0.29) is 17.1 Å². The van der Waals surface area contributed by atoms with Gasteiger partial charge in [-0.2, -0.15) is 0 Å². The molecule has 0 saturated carbocycles. The van der Waals surface area contributed by atoms with Gasteiger partial charge >= 0.3 is 12.0 Å². The van der Waals surface area contributed by atoms with E-state index in [1.54, 1.807) is 0 Å². The van der Waals surface area contributed by atoms with E-state index in [0.29, 0.717) is 16.0 Å². The van der Waals surface area contributed by atoms with Crippen LogP contribution in [0.15, 0.2) is 48.5 Å². The molecule has 2 aromatic rings. The largest absolute Gasteiger partial charge is 0.481 e. The van der Waals surface area contributed by atoms with Crippen LogP contribution in [-0.4, -0.2) is 51.1 Å². The minimum atomic E-state index is -1.48. The SMILES string of the molecule is CC1(c2ccc(C(=N)N)cc2)NC(=O)N(CC(=O)NC(CC(=O)O)c2cccc([N+](=O)[O-])c2)C1=O. The van der Waals surface area contributed by atoms with Crippen molar-refractivity contribution in [1.29, 1.82) is 5.41 Å². The fourth-order valence-corrected chi connectivity index (χ4v) is 3.68. The predicted molar refractivity (Wildman–Crippen MR) is 121 cm³/mol. The first-order chi connectivity index (χ1) is 16.4. The number of hydrogen-bond acceptors (Lipinski definition) is 7. The standard InChI is InChI=1S/C22H22N6O7/c1-22(14-7-5-12(6-8-14)19(23)24)20(32)27(21(33)26-22)11-17(29)25-16(10-18(30)31)13-3-2-4-15(9-13)28(34)35/h2-9,16H,10-11H2,1H3,(H3,23,24)(H,25,29)(H,26,33)(H,30,31). The Kier molecular flexibility index (Phi) is 6.80. The number of imide groups is 1. The molecule has 0 radical (unpaired) electrons. The van der Waals surface area contributed by atoms with E-state index in [0.717, 1.165) is 6.07 Å². The lowest BCUT2D eigenvalue weighted by Gasteiger charge is -2.23. The third kappa shape index (κ3) is 5.24. The maximum absolute atomic E-state index is 13.1. The van der Waals surface area contributed by atoms with Crippen molar-refractivity contribution in [3.63, 3.8) is 0 Å². The molecular formula is C22H22N6O7. The van der Waals surface area contributed by atoms with Gasteiger partial charge < -0.3 is 21.5 Å². The van der Waals surface area contributed by atoms with Crippen molar-refractivity contribution in [1.82, 2.24) is 15.5 Å². The fraction of sp³-hybridized carbons (Fsp3) is 0.227. The molecule has 1 fully saturated rings. The summed E-state index contributed by atoms with van der Waals surface area (Å²) in [4.78, 5) is 60.7. The maximum Gasteiger partial charge on any atom is 0.325 e. The van der Waals surface area contributed by atoms with Crippen molar-refractivity contribution < 1.29 is 29.2 Å². The van der Waals surface area contributed by atoms with Gasteiger partial charge in [-0.3, -0.25) is 34.8 Å². The van der Waals surface area contributed by atoms with E-state index in [9.17, 15) is 34.4 Å². The number of nitrogens with zero attached hydrogens (tertiary/aromatic N) is 2. The zero-order chi connectivity index (χ0) is 25.9. The highest BCUT2D eigenvalue weighted by atomic mass is 16.6. The number of amidine groups is 1. The van der Waals surface area contributed by atoms with Crippen LogP contribution in [0.4, 0.5) is 10.5 Å². The van der Waals surface area contributed by atoms with Gasteiger partial charge in [-0.1, -0.05) is 36.4 Å². The zero-order valence-electron chi connectivity index (χ0n) is 18.5. The first-order valence-corrected chi connectivity index (χ1v) is 10.3. The number of nitrogens with two attached hydrogens (primary N) is 1. The first kappa shape index (κ1) is 24.8. The van der Waals surface area contributed by atoms with Crippen LogP contribution in [0, 0.1) is 15.5 Å². The minimum Gasteiger partial charge on any atom is -0.481 e. The van der Waals surface area contributed by atoms with Crippen LogP contribution in [-0.2, 0) is 19.9 Å². The second kappa shape index (κ2) is 9.59. The van der Waals surface area contributed by atoms with E-state index >= 15 is 0 Å². The summed E-state index contributed by atoms with van der Waals surface area (Å²) >= 11 is 0. The number of carboxylic acid groups (broad SMARTS) is 1. The second-order valence-corrected chi connectivity index (χ2v) is 8.01. The lowest BCUT2D eigenvalue weighted by atomic mass is 9.91. The van der Waals surface area contributed by atoms with Crippen LogP contribution in [0.3, 0.4) is 0 Å². The van der Waals surface area contributed by atoms with E-state index in [1.165, 1.54) is 49.4 Å². The minimum absolute atomic E-state index is 0.165. The quantitative estimate of drug-likeness (QED) is 0.114. The number of carboxylic acids is 1. The number of carbonyl (C=O) groups excluding carboxylic acids is 3. The molecule has 0 aliphatic carbocycles. The topological polar surface area (TPSA) is 209 Å². The van der Waals surface area contributed by atoms with Gasteiger partial charge in [-0.25, -0.2) is 4.79 Å². The van der Waals surface area contributed by atoms with Gasteiger partial charge in [0.1, 0.15) is 17.9 Å². The third-order valence-corrected chi connectivity index (χ3v) is 5.55. The zero-order valence-corrected chi connectivity index (χ0v) is 18.5. The molecular weight excluding hydrogens is 460 g/mol. The Balaban J connectivity index is 1.77. The number of hydrogen-bond donors (Lipinski definition) is 5. The molecule has 4 amide bonds. The summed E-state index contributed by atoms with van der Waals surface area (Å²) in [5, 5.41) is 32.7. The van der Waals surface area contributed by atoms with Crippen LogP contribution in [0.2, 0.25) is 0 Å². The summed E-state index contributed by atoms with van der Waals surface area (Å²) in [6.45, 7) is 0.765. The normalized spacial score (nSPS) is 18.0. The number of benzene rings is 2. The van der Waals surface area contributed by atoms with Crippen molar-refractivity contribution in [2.24, 2.45) is 5.73 Å². The summed E-state index contributed by atoms with van der Waals surface area (Å²) in [6.07, 6.45) is -0.576. The van der Waals surface area contributed by atoms with Gasteiger partial charge in [0, 0.05) is 17.7 Å². The maximum atomic E-state index is 13.1. The monoisotopic (exact) mass is 482 g/mol. The summed E-state index contributed by atoms with van der Waals surface area (Å²) in [5.41, 5.74) is 4.69. The molecule has 2 aromatic carbocycles. The number of nitrogens with one attached hydrogen (secondary N) is 3. The Bertz CT molecular complexity index is 1230. The molecule has 0 bridgehead atoms. The molecule has 1 aliphatic heterocycles. The van der Waals surface area contributed by atoms with Gasteiger partial charge in [-0.15, -0.1) is 0 Å². The van der Waals surface area contributed by atoms with Crippen LogP contribution in [0.5, 0.6) is 0 Å². The van der Waals surface area contributed by atoms with Gasteiger partial charge in [0.2, 0.25) is 5.91 Å². The van der Waals surface area contributed by atoms with Crippen LogP contribution in [0.1, 0.15) is 36.1 Å². The molecule has 13 heteroatoms. The van der Waals surface area contributed by atoms with Crippen molar-refractivity contribution in [2.45, 2.75) is 24.9 Å². The smallest absolute Gasteiger partial charge is 0.325 e. The number of nitrogen functional groups attached to an aromatic ring is 1. The number of non-ortho nitro benzene ring substituents is 1. The molecule has 6 N–H and O–H groups in total. The van der Waals surface area contributed by atoms with Crippen molar-refractivity contribution >= 4 is 35.3 Å². The molecule has 35 heavy (non-hydrogen) atoms. The number of amides is 4. The highest BCUT2D eigenvalue weighted by Gasteiger charge is 2.49. The molecule has 2 atom stereocenters. The number of rotatable bonds is 9. The fourth-order valence-electron chi connectivity index (χ4n) is 3.68. The highest BCUT2D eigenvalue weighted by molar-refractivity contribution is 6.09. The number of nitro benzene ring substituents is 1. The van der Waals surface area contributed by atoms with Crippen LogP contribution >= 0.6 is 0 Å². The molecule has 13 nitrogen and oxygen atoms in total.